The summed E-state index contributed by atoms with van der Waals surface area (Å²) >= 11 is 0. The van der Waals surface area contributed by atoms with E-state index in [4.69, 9.17) is 5.73 Å². The molecule has 0 spiro atoms. The van der Waals surface area contributed by atoms with Crippen molar-refractivity contribution in [3.63, 3.8) is 0 Å². The van der Waals surface area contributed by atoms with Gasteiger partial charge >= 0.3 is 6.03 Å². The summed E-state index contributed by atoms with van der Waals surface area (Å²) in [6, 6.07) is 6.29. The zero-order valence-corrected chi connectivity index (χ0v) is 12.0. The molecule has 0 heterocycles. The average Bonchev–Trinajstić information content (AvgIpc) is 2.44. The van der Waals surface area contributed by atoms with Gasteiger partial charge < -0.3 is 21.1 Å². The highest BCUT2D eigenvalue weighted by molar-refractivity contribution is 5.94. The number of aliphatic hydroxyl groups excluding tert-OH is 1. The number of aliphatic hydroxyl groups is 1. The largest absolute Gasteiger partial charge is 0.394 e. The third-order valence-corrected chi connectivity index (χ3v) is 3.27. The third-order valence-electron chi connectivity index (χ3n) is 3.27. The minimum absolute atomic E-state index is 0.115. The van der Waals surface area contributed by atoms with Crippen LogP contribution in [0.2, 0.25) is 0 Å². The van der Waals surface area contributed by atoms with E-state index in [2.05, 4.69) is 5.32 Å². The minimum Gasteiger partial charge on any atom is -0.394 e. The molecule has 0 aliphatic heterocycles. The highest BCUT2D eigenvalue weighted by Gasteiger charge is 2.27. The topological polar surface area (TPSA) is 95.7 Å². The maximum atomic E-state index is 12.3. The van der Waals surface area contributed by atoms with Gasteiger partial charge in [0.1, 0.15) is 0 Å². The van der Waals surface area contributed by atoms with Crippen LogP contribution in [0.25, 0.3) is 0 Å². The molecule has 0 fully saturated rings. The number of benzene rings is 1. The van der Waals surface area contributed by atoms with E-state index in [1.165, 1.54) is 4.90 Å². The predicted octanol–water partition coefficient (Wildman–Crippen LogP) is 0.698. The highest BCUT2D eigenvalue weighted by Crippen LogP contribution is 2.15. The number of hydrogen-bond acceptors (Lipinski definition) is 3. The molecule has 0 aromatic heterocycles. The van der Waals surface area contributed by atoms with E-state index in [1.807, 2.05) is 0 Å². The summed E-state index contributed by atoms with van der Waals surface area (Å²) < 4.78 is 0. The molecule has 110 valence electrons. The standard InChI is InChI=1S/C14H21N3O3/c1-14(2,9-18)17(3)12(19)11-6-4-10(5-7-11)8-16-13(15)20/h4-7,18H,8-9H2,1-3H3,(H3,15,16,20). The van der Waals surface area contributed by atoms with Crippen LogP contribution in [0.15, 0.2) is 24.3 Å². The molecule has 0 saturated carbocycles. The number of nitrogens with zero attached hydrogens (tertiary/aromatic N) is 1. The van der Waals surface area contributed by atoms with Gasteiger partial charge in [0.2, 0.25) is 0 Å². The number of rotatable bonds is 5. The van der Waals surface area contributed by atoms with Crippen LogP contribution in [-0.2, 0) is 6.54 Å². The lowest BCUT2D eigenvalue weighted by molar-refractivity contribution is 0.0473. The zero-order chi connectivity index (χ0) is 15.3. The average molecular weight is 279 g/mol. The number of nitrogens with two attached hydrogens (primary N) is 1. The molecule has 0 bridgehead atoms. The van der Waals surface area contributed by atoms with Crippen LogP contribution in [0.5, 0.6) is 0 Å². The van der Waals surface area contributed by atoms with Crippen molar-refractivity contribution in [2.75, 3.05) is 13.7 Å². The van der Waals surface area contributed by atoms with Crippen molar-refractivity contribution < 1.29 is 14.7 Å². The van der Waals surface area contributed by atoms with Gasteiger partial charge in [-0.1, -0.05) is 12.1 Å². The van der Waals surface area contributed by atoms with Crippen molar-refractivity contribution in [3.8, 4) is 0 Å². The summed E-state index contributed by atoms with van der Waals surface area (Å²) in [5.74, 6) is -0.168. The summed E-state index contributed by atoms with van der Waals surface area (Å²) in [6.45, 7) is 3.78. The van der Waals surface area contributed by atoms with Gasteiger partial charge in [-0.25, -0.2) is 4.79 Å². The number of carbonyl (C=O) groups excluding carboxylic acids is 2. The molecular weight excluding hydrogens is 258 g/mol. The molecule has 0 atom stereocenters. The zero-order valence-electron chi connectivity index (χ0n) is 12.0. The van der Waals surface area contributed by atoms with Gasteiger partial charge in [-0.05, 0) is 31.5 Å². The molecule has 0 unspecified atom stereocenters. The highest BCUT2D eigenvalue weighted by atomic mass is 16.3. The van der Waals surface area contributed by atoms with Gasteiger partial charge in [0.25, 0.3) is 5.91 Å². The van der Waals surface area contributed by atoms with Gasteiger partial charge in [-0.15, -0.1) is 0 Å². The van der Waals surface area contributed by atoms with Crippen LogP contribution in [0.3, 0.4) is 0 Å². The van der Waals surface area contributed by atoms with Gasteiger partial charge in [0, 0.05) is 19.2 Å². The molecule has 1 aromatic carbocycles. The van der Waals surface area contributed by atoms with E-state index < -0.39 is 11.6 Å². The van der Waals surface area contributed by atoms with Crippen molar-refractivity contribution >= 4 is 11.9 Å². The van der Waals surface area contributed by atoms with Gasteiger partial charge in [-0.3, -0.25) is 4.79 Å². The van der Waals surface area contributed by atoms with Crippen LogP contribution in [0.4, 0.5) is 4.79 Å². The van der Waals surface area contributed by atoms with Crippen LogP contribution >= 0.6 is 0 Å². The molecule has 6 nitrogen and oxygen atoms in total. The fraction of sp³-hybridized carbons (Fsp3) is 0.429. The van der Waals surface area contributed by atoms with E-state index in [0.717, 1.165) is 5.56 Å². The number of likely N-dealkylation sites (N-methyl/N-ethyl adjacent to an activating group) is 1. The lowest BCUT2D eigenvalue weighted by Crippen LogP contribution is -2.47. The van der Waals surface area contributed by atoms with E-state index in [0.29, 0.717) is 12.1 Å². The molecule has 1 aromatic rings. The number of primary amides is 1. The Hall–Kier alpha value is -2.08. The summed E-state index contributed by atoms with van der Waals surface area (Å²) in [4.78, 5) is 24.4. The minimum atomic E-state index is -0.622. The number of hydrogen-bond donors (Lipinski definition) is 3. The molecule has 1 rings (SSSR count). The fourth-order valence-electron chi connectivity index (χ4n) is 1.53. The number of nitrogens with one attached hydrogen (secondary N) is 1. The van der Waals surface area contributed by atoms with Crippen LogP contribution in [0, 0.1) is 0 Å². The summed E-state index contributed by atoms with van der Waals surface area (Å²) in [7, 11) is 1.65. The van der Waals surface area contributed by atoms with E-state index in [1.54, 1.807) is 45.2 Å². The van der Waals surface area contributed by atoms with E-state index >= 15 is 0 Å². The molecule has 4 N–H and O–H groups in total. The number of carbonyl (C=O) groups is 2. The summed E-state index contributed by atoms with van der Waals surface area (Å²) in [6.07, 6.45) is 0. The molecule has 0 radical (unpaired) electrons. The number of urea groups is 1. The Morgan fingerprint density at radius 1 is 1.30 bits per heavy atom. The quantitative estimate of drug-likeness (QED) is 0.740. The monoisotopic (exact) mass is 279 g/mol. The predicted molar refractivity (Wildman–Crippen MR) is 76.1 cm³/mol. The second-order valence-corrected chi connectivity index (χ2v) is 5.25. The first-order chi connectivity index (χ1) is 9.27. The maximum Gasteiger partial charge on any atom is 0.312 e. The molecule has 3 amide bonds. The lowest BCUT2D eigenvalue weighted by Gasteiger charge is -2.34. The van der Waals surface area contributed by atoms with Crippen molar-refractivity contribution in [2.24, 2.45) is 5.73 Å². The lowest BCUT2D eigenvalue weighted by atomic mass is 10.0. The normalized spacial score (nSPS) is 11.0. The summed E-state index contributed by atoms with van der Waals surface area (Å²) in [5, 5.41) is 11.8. The van der Waals surface area contributed by atoms with Crippen LogP contribution in [0.1, 0.15) is 29.8 Å². The molecule has 6 heteroatoms. The molecule has 20 heavy (non-hydrogen) atoms. The second-order valence-electron chi connectivity index (χ2n) is 5.25. The Kier molecular flexibility index (Phi) is 5.10. The smallest absolute Gasteiger partial charge is 0.312 e. The molecule has 0 saturated heterocycles. The Labute approximate surface area is 118 Å². The van der Waals surface area contributed by atoms with Gasteiger partial charge in [0.15, 0.2) is 0 Å². The van der Waals surface area contributed by atoms with Crippen molar-refractivity contribution in [1.29, 1.82) is 0 Å². The summed E-state index contributed by atoms with van der Waals surface area (Å²) in [5.41, 5.74) is 5.74. The fourth-order valence-corrected chi connectivity index (χ4v) is 1.53. The first kappa shape index (κ1) is 16.0. The van der Waals surface area contributed by atoms with Crippen LogP contribution in [-0.4, -0.2) is 41.1 Å². The molecule has 0 aliphatic carbocycles. The van der Waals surface area contributed by atoms with E-state index in [9.17, 15) is 14.7 Å². The third kappa shape index (κ3) is 3.96. The Morgan fingerprint density at radius 3 is 2.30 bits per heavy atom. The van der Waals surface area contributed by atoms with Crippen LogP contribution < -0.4 is 11.1 Å². The van der Waals surface area contributed by atoms with Crippen molar-refractivity contribution in [3.05, 3.63) is 35.4 Å². The first-order valence-corrected chi connectivity index (χ1v) is 6.29. The SMILES string of the molecule is CN(C(=O)c1ccc(CNC(N)=O)cc1)C(C)(C)CO. The van der Waals surface area contributed by atoms with E-state index in [-0.39, 0.29) is 12.5 Å². The van der Waals surface area contributed by atoms with Gasteiger partial charge in [0.05, 0.1) is 12.1 Å². The second kappa shape index (κ2) is 6.38. The van der Waals surface area contributed by atoms with Gasteiger partial charge in [-0.2, -0.15) is 0 Å². The Bertz CT molecular complexity index is 483. The number of amides is 3. The Morgan fingerprint density at radius 2 is 1.85 bits per heavy atom. The van der Waals surface area contributed by atoms with Crippen molar-refractivity contribution in [2.45, 2.75) is 25.9 Å². The first-order valence-electron chi connectivity index (χ1n) is 6.29. The molecular formula is C14H21N3O3. The molecule has 0 aliphatic rings. The Balaban J connectivity index is 2.78. The maximum absolute atomic E-state index is 12.3. The van der Waals surface area contributed by atoms with Crippen molar-refractivity contribution in [1.82, 2.24) is 10.2 Å².